The first-order chi connectivity index (χ1) is 39.7. The lowest BCUT2D eigenvalue weighted by Gasteiger charge is -2.34. The molecule has 4 aliphatic heterocycles. The predicted octanol–water partition coefficient (Wildman–Crippen LogP) is 8.97. The van der Waals surface area contributed by atoms with E-state index in [0.717, 1.165) is 138 Å². The van der Waals surface area contributed by atoms with E-state index in [1.54, 1.807) is 17.5 Å². The van der Waals surface area contributed by atoms with Crippen LogP contribution in [0.15, 0.2) is 36.7 Å². The van der Waals surface area contributed by atoms with E-state index < -0.39 is 43.3 Å². The van der Waals surface area contributed by atoms with Crippen LogP contribution in [0.3, 0.4) is 0 Å². The Balaban J connectivity index is 0.000000207. The number of ether oxygens (including phenoxy) is 2. The number of alkyl carbamates (subject to hydrolysis) is 2. The Bertz CT molecular complexity index is 3650. The van der Waals surface area contributed by atoms with Crippen LogP contribution < -0.4 is 35.2 Å². The normalized spacial score (nSPS) is 19.2. The number of thiophene rings is 2. The van der Waals surface area contributed by atoms with E-state index in [1.807, 2.05) is 83.3 Å². The summed E-state index contributed by atoms with van der Waals surface area (Å²) in [6, 6.07) is 7.38. The van der Waals surface area contributed by atoms with Crippen molar-refractivity contribution in [1.29, 1.82) is 0 Å². The van der Waals surface area contributed by atoms with Crippen LogP contribution in [0, 0.1) is 27.7 Å². The number of hydrogen-bond acceptors (Lipinski definition) is 19. The quantitative estimate of drug-likeness (QED) is 0.0666. The van der Waals surface area contributed by atoms with Gasteiger partial charge in [0.05, 0.1) is 71.8 Å². The summed E-state index contributed by atoms with van der Waals surface area (Å²) in [7, 11) is -6.96. The van der Waals surface area contributed by atoms with Crippen LogP contribution in [0.5, 0.6) is 0 Å². The highest BCUT2D eigenvalue weighted by molar-refractivity contribution is 7.92. The van der Waals surface area contributed by atoms with Crippen molar-refractivity contribution in [2.75, 3.05) is 71.0 Å². The maximum absolute atomic E-state index is 13.8. The molecule has 0 bridgehead atoms. The van der Waals surface area contributed by atoms with Gasteiger partial charge >= 0.3 is 18.2 Å². The molecular formula is C57H84N14O11S4. The van der Waals surface area contributed by atoms with Crippen LogP contribution in [0.1, 0.15) is 164 Å². The Morgan fingerprint density at radius 3 is 1.57 bits per heavy atom. The average molecular weight is 1270 g/mol. The molecule has 4 saturated heterocycles. The molecule has 0 saturated carbocycles. The highest BCUT2D eigenvalue weighted by atomic mass is 32.2. The van der Waals surface area contributed by atoms with Gasteiger partial charge in [-0.2, -0.15) is 0 Å². The fraction of sp³-hybridized carbons (Fsp3) is 0.579. The van der Waals surface area contributed by atoms with Gasteiger partial charge < -0.3 is 45.2 Å². The number of fused-ring (bicyclic) bond motifs is 2. The molecule has 4 atom stereocenters. The summed E-state index contributed by atoms with van der Waals surface area (Å²) in [6.45, 7) is 23.3. The van der Waals surface area contributed by atoms with E-state index >= 15 is 0 Å². The molecule has 86 heavy (non-hydrogen) atoms. The summed E-state index contributed by atoms with van der Waals surface area (Å²) in [5.74, 6) is 0.439. The number of aryl methyl sites for hydroxylation is 4. The summed E-state index contributed by atoms with van der Waals surface area (Å²) < 4.78 is 64.7. The minimum absolute atomic E-state index is 0. The third-order valence-corrected chi connectivity index (χ3v) is 17.4. The summed E-state index contributed by atoms with van der Waals surface area (Å²) in [4.78, 5) is 66.7. The zero-order valence-corrected chi connectivity index (χ0v) is 53.6. The number of hydrogen-bond donors (Lipinski definition) is 6. The highest BCUT2D eigenvalue weighted by Crippen LogP contribution is 2.37. The Morgan fingerprint density at radius 2 is 1.10 bits per heavy atom. The molecule has 6 N–H and O–H groups in total. The van der Waals surface area contributed by atoms with Crippen LogP contribution in [-0.4, -0.2) is 155 Å². The van der Waals surface area contributed by atoms with Gasteiger partial charge in [0, 0.05) is 42.5 Å². The Labute approximate surface area is 512 Å². The largest absolute Gasteiger partial charge is 0.477 e. The summed E-state index contributed by atoms with van der Waals surface area (Å²) in [5, 5.41) is 28.0. The molecule has 0 aromatic carbocycles. The van der Waals surface area contributed by atoms with Gasteiger partial charge in [-0.15, -0.1) is 32.9 Å². The molecule has 29 heteroatoms. The Morgan fingerprint density at radius 1 is 0.640 bits per heavy atom. The molecular weight excluding hydrogens is 1180 g/mol. The summed E-state index contributed by atoms with van der Waals surface area (Å²) >= 11 is 2.32. The molecule has 0 radical (unpaired) electrons. The SMILES string of the molecule is C.Cc1cc(NS(C)(=O)=O)c(C(=O)N2CCCC[C@H]2c2cn3nc(N4CC[C@H](NC(=O)OC(C)(C)C)C4)c(C)cc3n2)s1.Cc1cc(NS(C)(=O)=O)c(C(=O)O)s1.Cc1cc2nc([C@@H]3CCCCN3)cn2nc1N1CC[C@H](NC(=O)OC(C)(C)C)C1. The highest BCUT2D eigenvalue weighted by Gasteiger charge is 2.35. The van der Waals surface area contributed by atoms with Gasteiger partial charge in [-0.25, -0.2) is 50.2 Å². The minimum atomic E-state index is -3.53. The second kappa shape index (κ2) is 27.1. The number of anilines is 4. The first-order valence-corrected chi connectivity index (χ1v) is 33.8. The lowest BCUT2D eigenvalue weighted by molar-refractivity contribution is 0.0497. The third kappa shape index (κ3) is 17.9. The average Bonchev–Trinajstić information content (AvgIpc) is 1.69. The number of aromatic carboxylic acids is 1. The van der Waals surface area contributed by atoms with Crippen molar-refractivity contribution in [2.45, 2.75) is 163 Å². The monoisotopic (exact) mass is 1270 g/mol. The van der Waals surface area contributed by atoms with Gasteiger partial charge in [0.15, 0.2) is 22.9 Å². The molecule has 10 rings (SSSR count). The maximum atomic E-state index is 13.8. The molecule has 0 aliphatic carbocycles. The predicted molar refractivity (Wildman–Crippen MR) is 336 cm³/mol. The van der Waals surface area contributed by atoms with Crippen LogP contribution >= 0.6 is 22.7 Å². The molecule has 0 unspecified atom stereocenters. The Kier molecular flexibility index (Phi) is 21.0. The van der Waals surface area contributed by atoms with Crippen molar-refractivity contribution in [3.05, 3.63) is 78.7 Å². The van der Waals surface area contributed by atoms with E-state index in [2.05, 4.69) is 48.2 Å². The van der Waals surface area contributed by atoms with Crippen molar-refractivity contribution in [1.82, 2.24) is 50.0 Å². The van der Waals surface area contributed by atoms with Crippen molar-refractivity contribution in [2.24, 2.45) is 0 Å². The molecule has 25 nitrogen and oxygen atoms in total. The maximum Gasteiger partial charge on any atom is 0.407 e. The number of imidazole rings is 2. The van der Waals surface area contributed by atoms with Gasteiger partial charge in [-0.05, 0) is 156 Å². The van der Waals surface area contributed by atoms with Crippen molar-refractivity contribution in [3.8, 4) is 0 Å². The minimum Gasteiger partial charge on any atom is -0.477 e. The molecule has 3 amide bonds. The number of sulfonamides is 2. The molecule has 4 aliphatic rings. The van der Waals surface area contributed by atoms with Crippen LogP contribution in [0.25, 0.3) is 11.3 Å². The first-order valence-electron chi connectivity index (χ1n) is 28.4. The van der Waals surface area contributed by atoms with Crippen LogP contribution in [0.2, 0.25) is 0 Å². The van der Waals surface area contributed by atoms with Crippen molar-refractivity contribution >= 4 is 101 Å². The molecule has 4 fully saturated rings. The second-order valence-electron chi connectivity index (χ2n) is 24.2. The number of carbonyl (C=O) groups excluding carboxylic acids is 3. The second-order valence-corrected chi connectivity index (χ2v) is 30.2. The number of likely N-dealkylation sites (tertiary alicyclic amines) is 1. The number of aromatic nitrogens is 6. The zero-order valence-electron chi connectivity index (χ0n) is 50.4. The zero-order chi connectivity index (χ0) is 61.9. The van der Waals surface area contributed by atoms with E-state index in [1.165, 1.54) is 30.2 Å². The fourth-order valence-electron chi connectivity index (χ4n) is 10.7. The number of piperidine rings is 2. The standard InChI is InChI=1S/C28H39N7O5S2.C21H32N6O2.C7H9NO4S2.CH4/c1-17-13-23-30-21(16-35(23)31-25(17)33-12-10-19(15-33)29-27(37)40-28(3,4)5)22-9-7-8-11-34(22)26(36)24-20(14-18(2)41-24)32-42(6,38)39;1-14-11-18-24-17(16-7-5-6-9-22-16)13-27(18)25-19(14)26-10-8-15(12-26)23-20(28)29-21(2,3)4;1-4-3-5(8-14(2,11)12)6(13-4)7(9)10;/h13-14,16,19,22,32H,7-12,15H2,1-6H3,(H,29,37);11,13,15-16,22H,5-10,12H2,1-4H3,(H,23,28);3,8H,1-2H3,(H,9,10);1H4/t19-,22-;15-,16-;;/m00../s1. The van der Waals surface area contributed by atoms with Gasteiger partial charge in [0.2, 0.25) is 20.0 Å². The number of amides is 3. The lowest BCUT2D eigenvalue weighted by Crippen LogP contribution is -2.40. The van der Waals surface area contributed by atoms with E-state index in [0.29, 0.717) is 35.3 Å². The topological polar surface area (TPSA) is 305 Å². The smallest absolute Gasteiger partial charge is 0.407 e. The first kappa shape index (κ1) is 66.7. The van der Waals surface area contributed by atoms with Gasteiger partial charge in [-0.1, -0.05) is 13.8 Å². The molecule has 10 heterocycles. The number of carboxylic acid groups (broad SMARTS) is 1. The van der Waals surface area contributed by atoms with Crippen molar-refractivity contribution in [3.63, 3.8) is 0 Å². The number of nitrogens with one attached hydrogen (secondary N) is 5. The number of carbonyl (C=O) groups is 4. The van der Waals surface area contributed by atoms with E-state index in [4.69, 9.17) is 34.7 Å². The molecule has 0 spiro atoms. The molecule has 472 valence electrons. The third-order valence-electron chi connectivity index (χ3n) is 14.1. The van der Waals surface area contributed by atoms with E-state index in [-0.39, 0.29) is 48.1 Å². The van der Waals surface area contributed by atoms with Crippen LogP contribution in [0.4, 0.5) is 32.6 Å². The van der Waals surface area contributed by atoms with E-state index in [9.17, 15) is 36.0 Å². The molecule has 6 aromatic rings. The number of carboxylic acids is 1. The van der Waals surface area contributed by atoms with Crippen LogP contribution in [-0.2, 0) is 29.5 Å². The Hall–Kier alpha value is -6.82. The van der Waals surface area contributed by atoms with Gasteiger partial charge in [0.1, 0.15) is 21.0 Å². The number of rotatable bonds is 12. The van der Waals surface area contributed by atoms with Crippen molar-refractivity contribution < 1.29 is 50.6 Å². The van der Waals surface area contributed by atoms with Gasteiger partial charge in [0.25, 0.3) is 5.91 Å². The molecule has 6 aromatic heterocycles. The summed E-state index contributed by atoms with van der Waals surface area (Å²) in [6.07, 6.45) is 13.0. The fourth-order valence-corrected chi connectivity index (χ4v) is 13.7. The van der Waals surface area contributed by atoms with Gasteiger partial charge in [-0.3, -0.25) is 14.2 Å². The number of nitrogens with zero attached hydrogens (tertiary/aromatic N) is 9. The lowest BCUT2D eigenvalue weighted by atomic mass is 9.99. The summed E-state index contributed by atoms with van der Waals surface area (Å²) in [5.41, 5.74) is 4.87.